The number of barbiturate groups is 1. The minimum absolute atomic E-state index is 0.141. The highest BCUT2D eigenvalue weighted by Crippen LogP contribution is 2.29. The van der Waals surface area contributed by atoms with E-state index in [1.165, 1.54) is 18.2 Å². The molecule has 5 rings (SSSR count). The molecular formula is C32H23Cl2N3O6. The number of nitrogens with zero attached hydrogens (tertiary/aromatic N) is 1. The van der Waals surface area contributed by atoms with Gasteiger partial charge in [-0.1, -0.05) is 71.7 Å². The van der Waals surface area contributed by atoms with Gasteiger partial charge < -0.3 is 14.8 Å². The van der Waals surface area contributed by atoms with Gasteiger partial charge in [0.15, 0.2) is 6.61 Å². The monoisotopic (exact) mass is 615 g/mol. The van der Waals surface area contributed by atoms with Gasteiger partial charge in [-0.25, -0.2) is 9.69 Å². The highest BCUT2D eigenvalue weighted by atomic mass is 35.5. The largest absolute Gasteiger partial charge is 0.489 e. The SMILES string of the molecule is O=C(COc1ccc(/C=C2/C(=O)NC(=O)N(c3ccc(OCc4ccccc4)cc3)C2=O)cc1Cl)Nc1ccccc1Cl. The van der Waals surface area contributed by atoms with Gasteiger partial charge in [-0.15, -0.1) is 0 Å². The van der Waals surface area contributed by atoms with Crippen molar-refractivity contribution in [2.45, 2.75) is 6.61 Å². The van der Waals surface area contributed by atoms with Crippen LogP contribution in [-0.4, -0.2) is 30.4 Å². The van der Waals surface area contributed by atoms with Crippen LogP contribution in [0.1, 0.15) is 11.1 Å². The molecule has 1 aliphatic rings. The van der Waals surface area contributed by atoms with E-state index >= 15 is 0 Å². The van der Waals surface area contributed by atoms with Crippen molar-refractivity contribution in [1.29, 1.82) is 0 Å². The highest BCUT2D eigenvalue weighted by Gasteiger charge is 2.36. The van der Waals surface area contributed by atoms with Gasteiger partial charge in [0, 0.05) is 0 Å². The number of ether oxygens (including phenoxy) is 2. The van der Waals surface area contributed by atoms with E-state index in [2.05, 4.69) is 10.6 Å². The number of benzene rings is 4. The first-order valence-electron chi connectivity index (χ1n) is 12.9. The van der Waals surface area contributed by atoms with Gasteiger partial charge in [0.2, 0.25) is 0 Å². The maximum Gasteiger partial charge on any atom is 0.335 e. The van der Waals surface area contributed by atoms with Crippen LogP contribution in [-0.2, 0) is 21.0 Å². The number of anilines is 2. The van der Waals surface area contributed by atoms with E-state index < -0.39 is 23.8 Å². The summed E-state index contributed by atoms with van der Waals surface area (Å²) in [5.74, 6) is -1.34. The number of rotatable bonds is 9. The van der Waals surface area contributed by atoms with Crippen molar-refractivity contribution in [2.24, 2.45) is 0 Å². The van der Waals surface area contributed by atoms with Crippen molar-refractivity contribution in [3.8, 4) is 11.5 Å². The predicted octanol–water partition coefficient (Wildman–Crippen LogP) is 6.26. The lowest BCUT2D eigenvalue weighted by Gasteiger charge is -2.26. The number of urea groups is 1. The number of imide groups is 2. The molecule has 1 aliphatic heterocycles. The Kier molecular flexibility index (Phi) is 9.05. The van der Waals surface area contributed by atoms with E-state index in [-0.39, 0.29) is 28.6 Å². The molecular weight excluding hydrogens is 593 g/mol. The van der Waals surface area contributed by atoms with Crippen molar-refractivity contribution in [1.82, 2.24) is 5.32 Å². The van der Waals surface area contributed by atoms with Gasteiger partial charge in [0.25, 0.3) is 17.7 Å². The van der Waals surface area contributed by atoms with Crippen LogP contribution in [0.25, 0.3) is 6.08 Å². The number of carbonyl (C=O) groups is 4. The summed E-state index contributed by atoms with van der Waals surface area (Å²) in [7, 11) is 0. The van der Waals surface area contributed by atoms with Gasteiger partial charge in [0.05, 0.1) is 21.4 Å². The molecule has 9 nitrogen and oxygen atoms in total. The van der Waals surface area contributed by atoms with Crippen LogP contribution < -0.4 is 25.0 Å². The molecule has 1 saturated heterocycles. The standard InChI is InChI=1S/C32H23Cl2N3O6/c33-25-8-4-5-9-27(25)35-29(38)19-43-28-15-10-21(17-26(28)34)16-24-30(39)36-32(41)37(31(24)40)22-11-13-23(14-12-22)42-18-20-6-2-1-3-7-20/h1-17H,18-19H2,(H,35,38)(H,36,39,41)/b24-16-. The Morgan fingerprint density at radius 3 is 2.28 bits per heavy atom. The van der Waals surface area contributed by atoms with Crippen molar-refractivity contribution < 1.29 is 28.7 Å². The zero-order valence-corrected chi connectivity index (χ0v) is 23.9. The summed E-state index contributed by atoms with van der Waals surface area (Å²) in [6.45, 7) is 0.0201. The number of carbonyl (C=O) groups excluding carboxylic acids is 4. The molecule has 0 aliphatic carbocycles. The number of nitrogens with one attached hydrogen (secondary N) is 2. The second kappa shape index (κ2) is 13.2. The van der Waals surface area contributed by atoms with Gasteiger partial charge in [-0.3, -0.25) is 19.7 Å². The van der Waals surface area contributed by atoms with E-state index in [9.17, 15) is 19.2 Å². The number of hydrogen-bond acceptors (Lipinski definition) is 6. The maximum atomic E-state index is 13.3. The van der Waals surface area contributed by atoms with Crippen LogP contribution >= 0.6 is 23.2 Å². The maximum absolute atomic E-state index is 13.3. The third-order valence-corrected chi connectivity index (χ3v) is 6.84. The number of hydrogen-bond donors (Lipinski definition) is 2. The second-order valence-corrected chi connectivity index (χ2v) is 10.0. The number of amides is 5. The van der Waals surface area contributed by atoms with Gasteiger partial charge in [0.1, 0.15) is 23.7 Å². The van der Waals surface area contributed by atoms with Crippen molar-refractivity contribution >= 4 is 64.4 Å². The summed E-state index contributed by atoms with van der Waals surface area (Å²) >= 11 is 12.4. The molecule has 0 spiro atoms. The molecule has 0 atom stereocenters. The lowest BCUT2D eigenvalue weighted by atomic mass is 10.1. The number of para-hydroxylation sites is 1. The van der Waals surface area contributed by atoms with E-state index in [0.717, 1.165) is 10.5 Å². The summed E-state index contributed by atoms with van der Waals surface area (Å²) in [5, 5.41) is 5.36. The first-order valence-corrected chi connectivity index (χ1v) is 13.7. The molecule has 0 aromatic heterocycles. The lowest BCUT2D eigenvalue weighted by molar-refractivity contribution is -0.122. The van der Waals surface area contributed by atoms with E-state index in [0.29, 0.717) is 28.6 Å². The Morgan fingerprint density at radius 1 is 0.837 bits per heavy atom. The first-order chi connectivity index (χ1) is 20.8. The van der Waals surface area contributed by atoms with Crippen LogP contribution in [0, 0.1) is 0 Å². The molecule has 5 amide bonds. The lowest BCUT2D eigenvalue weighted by Crippen LogP contribution is -2.54. The van der Waals surface area contributed by atoms with Crippen LogP contribution in [0.15, 0.2) is 103 Å². The van der Waals surface area contributed by atoms with Gasteiger partial charge in [-0.2, -0.15) is 0 Å². The second-order valence-electron chi connectivity index (χ2n) is 9.23. The van der Waals surface area contributed by atoms with Crippen molar-refractivity contribution in [3.63, 3.8) is 0 Å². The fourth-order valence-electron chi connectivity index (χ4n) is 4.11. The highest BCUT2D eigenvalue weighted by molar-refractivity contribution is 6.39. The van der Waals surface area contributed by atoms with E-state index in [1.807, 2.05) is 30.3 Å². The Labute approximate surface area is 256 Å². The molecule has 2 N–H and O–H groups in total. The molecule has 0 bridgehead atoms. The van der Waals surface area contributed by atoms with E-state index in [1.54, 1.807) is 54.6 Å². The Bertz CT molecular complexity index is 1730. The van der Waals surface area contributed by atoms with Gasteiger partial charge >= 0.3 is 6.03 Å². The topological polar surface area (TPSA) is 114 Å². The van der Waals surface area contributed by atoms with Crippen LogP contribution in [0.4, 0.5) is 16.2 Å². The average Bonchev–Trinajstić information content (AvgIpc) is 3.00. The summed E-state index contributed by atoms with van der Waals surface area (Å²) in [5.41, 5.74) is 1.82. The molecule has 0 saturated carbocycles. The molecule has 4 aromatic carbocycles. The van der Waals surface area contributed by atoms with Gasteiger partial charge in [-0.05, 0) is 65.7 Å². The summed E-state index contributed by atoms with van der Waals surface area (Å²) in [4.78, 5) is 51.6. The fourth-order valence-corrected chi connectivity index (χ4v) is 4.53. The number of halogens is 2. The molecule has 0 unspecified atom stereocenters. The zero-order chi connectivity index (χ0) is 30.3. The Morgan fingerprint density at radius 2 is 1.56 bits per heavy atom. The zero-order valence-electron chi connectivity index (χ0n) is 22.4. The minimum atomic E-state index is -0.873. The molecule has 1 heterocycles. The predicted molar refractivity (Wildman–Crippen MR) is 163 cm³/mol. The third kappa shape index (κ3) is 7.21. The molecule has 43 heavy (non-hydrogen) atoms. The summed E-state index contributed by atoms with van der Waals surface area (Å²) in [6, 6.07) is 26.4. The summed E-state index contributed by atoms with van der Waals surface area (Å²) in [6.07, 6.45) is 1.31. The van der Waals surface area contributed by atoms with Crippen LogP contribution in [0.3, 0.4) is 0 Å². The molecule has 0 radical (unpaired) electrons. The van der Waals surface area contributed by atoms with Crippen LogP contribution in [0.2, 0.25) is 10.0 Å². The first kappa shape index (κ1) is 29.4. The molecule has 11 heteroatoms. The third-order valence-electron chi connectivity index (χ3n) is 6.22. The molecule has 216 valence electrons. The Hall–Kier alpha value is -5.12. The normalized spacial score (nSPS) is 14.0. The average molecular weight is 616 g/mol. The van der Waals surface area contributed by atoms with Crippen molar-refractivity contribution in [2.75, 3.05) is 16.8 Å². The van der Waals surface area contributed by atoms with Crippen LogP contribution in [0.5, 0.6) is 11.5 Å². The Balaban J connectivity index is 1.25. The smallest absolute Gasteiger partial charge is 0.335 e. The van der Waals surface area contributed by atoms with E-state index in [4.69, 9.17) is 32.7 Å². The fraction of sp³-hybridized carbons (Fsp3) is 0.0625. The molecule has 4 aromatic rings. The van der Waals surface area contributed by atoms with Crippen molar-refractivity contribution in [3.05, 3.63) is 124 Å². The molecule has 1 fully saturated rings. The quantitative estimate of drug-likeness (QED) is 0.170. The minimum Gasteiger partial charge on any atom is -0.489 e. The summed E-state index contributed by atoms with van der Waals surface area (Å²) < 4.78 is 11.3.